The van der Waals surface area contributed by atoms with Crippen LogP contribution in [0.15, 0.2) is 0 Å². The quantitative estimate of drug-likeness (QED) is 0.563. The number of likely N-dealkylation sites (tertiary alicyclic amines) is 1. The lowest BCUT2D eigenvalue weighted by molar-refractivity contribution is -0.148. The number of esters is 1. The lowest BCUT2D eigenvalue weighted by Crippen LogP contribution is -2.43. The van der Waals surface area contributed by atoms with Gasteiger partial charge < -0.3 is 9.64 Å². The first-order chi connectivity index (χ1) is 7.06. The first-order valence-electron chi connectivity index (χ1n) is 5.07. The van der Waals surface area contributed by atoms with Crippen LogP contribution in [-0.2, 0) is 14.3 Å². The van der Waals surface area contributed by atoms with E-state index in [9.17, 15) is 9.59 Å². The Balaban J connectivity index is 2.42. The predicted molar refractivity (Wildman–Crippen MR) is 59.7 cm³/mol. The van der Waals surface area contributed by atoms with Gasteiger partial charge >= 0.3 is 5.97 Å². The van der Waals surface area contributed by atoms with Gasteiger partial charge in [-0.05, 0) is 19.8 Å². The summed E-state index contributed by atoms with van der Waals surface area (Å²) in [5.41, 5.74) is 0. The predicted octanol–water partition coefficient (Wildman–Crippen LogP) is 1.18. The van der Waals surface area contributed by atoms with Gasteiger partial charge in [-0.25, -0.2) is 0 Å². The summed E-state index contributed by atoms with van der Waals surface area (Å²) < 4.78 is 4.68. The summed E-state index contributed by atoms with van der Waals surface area (Å²) in [6, 6.07) is 0. The van der Waals surface area contributed by atoms with Crippen molar-refractivity contribution in [1.82, 2.24) is 4.90 Å². The van der Waals surface area contributed by atoms with Gasteiger partial charge in [-0.3, -0.25) is 9.59 Å². The summed E-state index contributed by atoms with van der Waals surface area (Å²) in [6.07, 6.45) is 1.41. The fourth-order valence-electron chi connectivity index (χ4n) is 1.75. The van der Waals surface area contributed by atoms with Gasteiger partial charge in [-0.2, -0.15) is 0 Å². The number of alkyl halides is 1. The van der Waals surface area contributed by atoms with E-state index in [0.717, 1.165) is 0 Å². The van der Waals surface area contributed by atoms with Crippen LogP contribution in [0.3, 0.4) is 0 Å². The maximum absolute atomic E-state index is 11.6. The summed E-state index contributed by atoms with van der Waals surface area (Å²) in [5.74, 6) is -0.100. The molecule has 1 unspecified atom stereocenters. The van der Waals surface area contributed by atoms with Crippen molar-refractivity contribution in [3.05, 3.63) is 0 Å². The molecule has 0 aliphatic carbocycles. The molecule has 0 saturated carbocycles. The summed E-state index contributed by atoms with van der Waals surface area (Å²) in [5, 5.41) is 0. The molecule has 1 aliphatic rings. The standard InChI is InChI=1S/C10H16BrNO3/c1-7(11)9(13)12-5-3-8(4-6-12)10(14)15-2/h7-8H,3-6H2,1-2H3. The molecule has 1 saturated heterocycles. The van der Waals surface area contributed by atoms with Crippen LogP contribution in [0.4, 0.5) is 0 Å². The number of ether oxygens (including phenoxy) is 1. The third-order valence-corrected chi connectivity index (χ3v) is 3.07. The highest BCUT2D eigenvalue weighted by Crippen LogP contribution is 2.19. The molecule has 0 aromatic rings. The summed E-state index contributed by atoms with van der Waals surface area (Å²) in [6.45, 7) is 3.11. The molecule has 0 bridgehead atoms. The molecule has 0 spiro atoms. The Hall–Kier alpha value is -0.580. The van der Waals surface area contributed by atoms with Crippen molar-refractivity contribution in [2.75, 3.05) is 20.2 Å². The Morgan fingerprint density at radius 3 is 2.33 bits per heavy atom. The lowest BCUT2D eigenvalue weighted by atomic mass is 9.97. The second kappa shape index (κ2) is 5.49. The average Bonchev–Trinajstić information content (AvgIpc) is 2.27. The van der Waals surface area contributed by atoms with Gasteiger partial charge in [0.1, 0.15) is 0 Å². The topological polar surface area (TPSA) is 46.6 Å². The smallest absolute Gasteiger partial charge is 0.308 e. The minimum atomic E-state index is -0.158. The number of carbonyl (C=O) groups excluding carboxylic acids is 2. The third kappa shape index (κ3) is 3.19. The number of carbonyl (C=O) groups is 2. The molecule has 0 N–H and O–H groups in total. The Labute approximate surface area is 98.1 Å². The van der Waals surface area contributed by atoms with Crippen LogP contribution in [0.1, 0.15) is 19.8 Å². The maximum atomic E-state index is 11.6. The van der Waals surface area contributed by atoms with E-state index in [2.05, 4.69) is 20.7 Å². The molecular formula is C10H16BrNO3. The molecule has 1 fully saturated rings. The van der Waals surface area contributed by atoms with Crippen molar-refractivity contribution in [2.24, 2.45) is 5.92 Å². The Bertz CT molecular complexity index is 247. The third-order valence-electron chi connectivity index (χ3n) is 2.68. The maximum Gasteiger partial charge on any atom is 0.308 e. The van der Waals surface area contributed by atoms with Crippen molar-refractivity contribution in [1.29, 1.82) is 0 Å². The number of hydrogen-bond acceptors (Lipinski definition) is 3. The van der Waals surface area contributed by atoms with E-state index in [-0.39, 0.29) is 22.6 Å². The number of hydrogen-bond donors (Lipinski definition) is 0. The normalized spacial score (nSPS) is 19.8. The minimum absolute atomic E-state index is 0.0373. The van der Waals surface area contributed by atoms with Crippen molar-refractivity contribution in [3.63, 3.8) is 0 Å². The van der Waals surface area contributed by atoms with Crippen molar-refractivity contribution < 1.29 is 14.3 Å². The van der Waals surface area contributed by atoms with Crippen LogP contribution in [0.25, 0.3) is 0 Å². The van der Waals surface area contributed by atoms with E-state index < -0.39 is 0 Å². The summed E-state index contributed by atoms with van der Waals surface area (Å²) in [4.78, 5) is 24.5. The minimum Gasteiger partial charge on any atom is -0.469 e. The molecule has 15 heavy (non-hydrogen) atoms. The van der Waals surface area contributed by atoms with Gasteiger partial charge in [0.05, 0.1) is 17.9 Å². The first-order valence-corrected chi connectivity index (χ1v) is 5.98. The number of rotatable bonds is 2. The molecule has 1 amide bonds. The summed E-state index contributed by atoms with van der Waals surface area (Å²) >= 11 is 3.25. The number of methoxy groups -OCH3 is 1. The Morgan fingerprint density at radius 1 is 1.40 bits per heavy atom. The van der Waals surface area contributed by atoms with Crippen LogP contribution in [0.5, 0.6) is 0 Å². The van der Waals surface area contributed by atoms with Gasteiger partial charge in [-0.15, -0.1) is 0 Å². The lowest BCUT2D eigenvalue weighted by Gasteiger charge is -2.31. The van der Waals surface area contributed by atoms with E-state index >= 15 is 0 Å². The zero-order valence-corrected chi connectivity index (χ0v) is 10.6. The fourth-order valence-corrected chi connectivity index (χ4v) is 2.04. The van der Waals surface area contributed by atoms with Gasteiger partial charge in [-0.1, -0.05) is 15.9 Å². The van der Waals surface area contributed by atoms with E-state index in [0.29, 0.717) is 25.9 Å². The number of nitrogens with zero attached hydrogens (tertiary/aromatic N) is 1. The van der Waals surface area contributed by atoms with Crippen LogP contribution in [-0.4, -0.2) is 41.8 Å². The zero-order valence-electron chi connectivity index (χ0n) is 9.03. The largest absolute Gasteiger partial charge is 0.469 e. The number of amides is 1. The molecule has 1 atom stereocenters. The Morgan fingerprint density at radius 2 is 1.93 bits per heavy atom. The highest BCUT2D eigenvalue weighted by molar-refractivity contribution is 9.10. The van der Waals surface area contributed by atoms with Crippen LogP contribution < -0.4 is 0 Å². The second-order valence-corrected chi connectivity index (χ2v) is 5.11. The highest BCUT2D eigenvalue weighted by Gasteiger charge is 2.28. The van der Waals surface area contributed by atoms with Crippen LogP contribution in [0, 0.1) is 5.92 Å². The summed E-state index contributed by atoms with van der Waals surface area (Å²) in [7, 11) is 1.40. The molecule has 86 valence electrons. The molecule has 5 heteroatoms. The van der Waals surface area contributed by atoms with Gasteiger partial charge in [0.15, 0.2) is 0 Å². The molecule has 0 aromatic carbocycles. The SMILES string of the molecule is COC(=O)C1CCN(C(=O)C(C)Br)CC1. The van der Waals surface area contributed by atoms with E-state index in [4.69, 9.17) is 0 Å². The molecule has 0 aromatic heterocycles. The molecule has 0 radical (unpaired) electrons. The van der Waals surface area contributed by atoms with E-state index in [1.807, 2.05) is 6.92 Å². The van der Waals surface area contributed by atoms with Crippen molar-refractivity contribution >= 4 is 27.8 Å². The fraction of sp³-hybridized carbons (Fsp3) is 0.800. The molecule has 4 nitrogen and oxygen atoms in total. The van der Waals surface area contributed by atoms with Gasteiger partial charge in [0.25, 0.3) is 0 Å². The second-order valence-electron chi connectivity index (χ2n) is 3.74. The average molecular weight is 278 g/mol. The molecule has 1 heterocycles. The van der Waals surface area contributed by atoms with Crippen LogP contribution in [0.2, 0.25) is 0 Å². The number of halogens is 1. The Kier molecular flexibility index (Phi) is 4.57. The van der Waals surface area contributed by atoms with Crippen LogP contribution >= 0.6 is 15.9 Å². The molecule has 1 rings (SSSR count). The monoisotopic (exact) mass is 277 g/mol. The van der Waals surface area contributed by atoms with Crippen molar-refractivity contribution in [2.45, 2.75) is 24.6 Å². The number of piperidine rings is 1. The van der Waals surface area contributed by atoms with Gasteiger partial charge in [0, 0.05) is 13.1 Å². The van der Waals surface area contributed by atoms with E-state index in [1.165, 1.54) is 7.11 Å². The first kappa shape index (κ1) is 12.5. The van der Waals surface area contributed by atoms with Crippen molar-refractivity contribution in [3.8, 4) is 0 Å². The zero-order chi connectivity index (χ0) is 11.4. The van der Waals surface area contributed by atoms with Gasteiger partial charge in [0.2, 0.25) is 5.91 Å². The highest BCUT2D eigenvalue weighted by atomic mass is 79.9. The molecular weight excluding hydrogens is 262 g/mol. The molecule has 1 aliphatic heterocycles. The van der Waals surface area contributed by atoms with E-state index in [1.54, 1.807) is 4.90 Å².